The van der Waals surface area contributed by atoms with E-state index in [1.54, 1.807) is 31.2 Å². The van der Waals surface area contributed by atoms with Gasteiger partial charge >= 0.3 is 11.9 Å². The molecule has 3 rings (SSSR count). The van der Waals surface area contributed by atoms with Crippen LogP contribution >= 0.6 is 11.3 Å². The SMILES string of the molecule is C=C(C)C(=O)OCCCOC(=O)COc1cccc2c(=O)c3ccccc3sc12. The normalized spacial score (nSPS) is 10.7. The van der Waals surface area contributed by atoms with Gasteiger partial charge in [0.15, 0.2) is 12.0 Å². The number of esters is 2. The monoisotopic (exact) mass is 412 g/mol. The van der Waals surface area contributed by atoms with Crippen molar-refractivity contribution in [1.82, 2.24) is 0 Å². The predicted octanol–water partition coefficient (Wildman–Crippen LogP) is 3.85. The van der Waals surface area contributed by atoms with Crippen molar-refractivity contribution in [3.63, 3.8) is 0 Å². The van der Waals surface area contributed by atoms with Crippen molar-refractivity contribution < 1.29 is 23.8 Å². The van der Waals surface area contributed by atoms with Crippen LogP contribution in [0.5, 0.6) is 5.75 Å². The van der Waals surface area contributed by atoms with E-state index in [9.17, 15) is 14.4 Å². The molecule has 150 valence electrons. The Hall–Kier alpha value is -3.19. The molecule has 0 unspecified atom stereocenters. The van der Waals surface area contributed by atoms with E-state index >= 15 is 0 Å². The van der Waals surface area contributed by atoms with Crippen LogP contribution in [0.15, 0.2) is 59.4 Å². The molecule has 0 amide bonds. The lowest BCUT2D eigenvalue weighted by atomic mass is 10.2. The lowest BCUT2D eigenvalue weighted by molar-refractivity contribution is -0.146. The first kappa shape index (κ1) is 20.5. The van der Waals surface area contributed by atoms with Crippen LogP contribution in [0.25, 0.3) is 20.2 Å². The summed E-state index contributed by atoms with van der Waals surface area (Å²) in [6, 6.07) is 12.6. The van der Waals surface area contributed by atoms with Crippen LogP contribution in [0.1, 0.15) is 13.3 Å². The molecule has 0 radical (unpaired) electrons. The van der Waals surface area contributed by atoms with Crippen LogP contribution in [0.2, 0.25) is 0 Å². The van der Waals surface area contributed by atoms with Gasteiger partial charge in [-0.3, -0.25) is 4.79 Å². The van der Waals surface area contributed by atoms with Gasteiger partial charge in [0.25, 0.3) is 0 Å². The van der Waals surface area contributed by atoms with E-state index in [-0.39, 0.29) is 25.2 Å². The first-order valence-corrected chi connectivity index (χ1v) is 9.84. The van der Waals surface area contributed by atoms with Crippen LogP contribution in [0.3, 0.4) is 0 Å². The van der Waals surface area contributed by atoms with Crippen LogP contribution < -0.4 is 10.2 Å². The van der Waals surface area contributed by atoms with Gasteiger partial charge in [0.05, 0.1) is 17.9 Å². The molecule has 0 aliphatic heterocycles. The van der Waals surface area contributed by atoms with Crippen molar-refractivity contribution in [2.45, 2.75) is 13.3 Å². The van der Waals surface area contributed by atoms with Crippen molar-refractivity contribution in [2.75, 3.05) is 19.8 Å². The Morgan fingerprint density at radius 1 is 1.00 bits per heavy atom. The molecule has 7 heteroatoms. The quantitative estimate of drug-likeness (QED) is 0.242. The zero-order chi connectivity index (χ0) is 20.8. The first-order valence-electron chi connectivity index (χ1n) is 9.03. The van der Waals surface area contributed by atoms with E-state index in [1.807, 2.05) is 18.2 Å². The average molecular weight is 412 g/mol. The second kappa shape index (κ2) is 9.34. The number of carbonyl (C=O) groups is 2. The standard InChI is InChI=1S/C22H20O6S/c1-14(2)22(25)27-12-6-11-26-19(23)13-28-17-9-5-8-16-20(24)15-7-3-4-10-18(15)29-21(16)17/h3-5,7-10H,1,6,11-13H2,2H3. The van der Waals surface area contributed by atoms with E-state index in [0.717, 1.165) is 4.70 Å². The minimum absolute atomic E-state index is 0.0633. The molecule has 0 atom stereocenters. The fourth-order valence-corrected chi connectivity index (χ4v) is 3.76. The highest BCUT2D eigenvalue weighted by molar-refractivity contribution is 7.24. The molecule has 29 heavy (non-hydrogen) atoms. The van der Waals surface area contributed by atoms with Crippen LogP contribution in [-0.4, -0.2) is 31.8 Å². The highest BCUT2D eigenvalue weighted by Gasteiger charge is 2.12. The van der Waals surface area contributed by atoms with Crippen molar-refractivity contribution >= 4 is 43.4 Å². The summed E-state index contributed by atoms with van der Waals surface area (Å²) in [6.45, 7) is 5.02. The molecule has 0 saturated carbocycles. The summed E-state index contributed by atoms with van der Waals surface area (Å²) in [5, 5.41) is 1.22. The predicted molar refractivity (Wildman–Crippen MR) is 112 cm³/mol. The molecule has 6 nitrogen and oxygen atoms in total. The summed E-state index contributed by atoms with van der Waals surface area (Å²) in [5.74, 6) is -0.550. The summed E-state index contributed by atoms with van der Waals surface area (Å²) in [7, 11) is 0. The highest BCUT2D eigenvalue weighted by Crippen LogP contribution is 2.31. The van der Waals surface area contributed by atoms with E-state index in [0.29, 0.717) is 33.2 Å². The molecule has 3 aromatic rings. The van der Waals surface area contributed by atoms with Gasteiger partial charge in [-0.15, -0.1) is 11.3 Å². The maximum Gasteiger partial charge on any atom is 0.344 e. The van der Waals surface area contributed by atoms with Gasteiger partial charge in [-0.05, 0) is 31.2 Å². The molecule has 1 aromatic heterocycles. The second-order valence-electron chi connectivity index (χ2n) is 6.34. The van der Waals surface area contributed by atoms with Crippen LogP contribution in [-0.2, 0) is 19.1 Å². The third-order valence-corrected chi connectivity index (χ3v) is 5.25. The summed E-state index contributed by atoms with van der Waals surface area (Å²) in [4.78, 5) is 35.8. The van der Waals surface area contributed by atoms with Gasteiger partial charge in [-0.2, -0.15) is 0 Å². The maximum absolute atomic E-state index is 12.7. The van der Waals surface area contributed by atoms with Gasteiger partial charge in [-0.1, -0.05) is 24.8 Å². The molecule has 0 aliphatic rings. The molecule has 0 spiro atoms. The Morgan fingerprint density at radius 2 is 1.72 bits per heavy atom. The molecular weight excluding hydrogens is 392 g/mol. The van der Waals surface area contributed by atoms with Gasteiger partial charge < -0.3 is 14.2 Å². The Bertz CT molecular complexity index is 1130. The number of ether oxygens (including phenoxy) is 3. The average Bonchev–Trinajstić information content (AvgIpc) is 2.72. The number of benzene rings is 2. The lowest BCUT2D eigenvalue weighted by Gasteiger charge is -2.10. The second-order valence-corrected chi connectivity index (χ2v) is 7.39. The van der Waals surface area contributed by atoms with Crippen molar-refractivity contribution in [1.29, 1.82) is 0 Å². The molecule has 0 N–H and O–H groups in total. The largest absolute Gasteiger partial charge is 0.480 e. The fraction of sp³-hybridized carbons (Fsp3) is 0.227. The molecule has 0 bridgehead atoms. The van der Waals surface area contributed by atoms with E-state index in [1.165, 1.54) is 11.3 Å². The molecule has 2 aromatic carbocycles. The summed E-state index contributed by atoms with van der Waals surface area (Å²) in [6.07, 6.45) is 0.382. The number of carbonyl (C=O) groups excluding carboxylic acids is 2. The minimum Gasteiger partial charge on any atom is -0.480 e. The third-order valence-electron chi connectivity index (χ3n) is 4.05. The van der Waals surface area contributed by atoms with Crippen LogP contribution in [0.4, 0.5) is 0 Å². The summed E-state index contributed by atoms with van der Waals surface area (Å²) >= 11 is 1.44. The van der Waals surface area contributed by atoms with Gasteiger partial charge in [-0.25, -0.2) is 9.59 Å². The van der Waals surface area contributed by atoms with Crippen molar-refractivity contribution in [3.8, 4) is 5.75 Å². The topological polar surface area (TPSA) is 78.9 Å². The Labute approximate surface area is 171 Å². The highest BCUT2D eigenvalue weighted by atomic mass is 32.1. The first-order chi connectivity index (χ1) is 14.0. The molecule has 1 heterocycles. The van der Waals surface area contributed by atoms with E-state index in [2.05, 4.69) is 6.58 Å². The van der Waals surface area contributed by atoms with E-state index < -0.39 is 11.9 Å². The molecular formula is C22H20O6S. The number of hydrogen-bond donors (Lipinski definition) is 0. The molecule has 0 aliphatic carbocycles. The fourth-order valence-electron chi connectivity index (χ4n) is 2.62. The summed E-state index contributed by atoms with van der Waals surface area (Å²) in [5.41, 5.74) is 0.257. The smallest absolute Gasteiger partial charge is 0.344 e. The van der Waals surface area contributed by atoms with Crippen molar-refractivity contribution in [2.24, 2.45) is 0 Å². The number of hydrogen-bond acceptors (Lipinski definition) is 7. The van der Waals surface area contributed by atoms with E-state index in [4.69, 9.17) is 14.2 Å². The minimum atomic E-state index is -0.540. The Kier molecular flexibility index (Phi) is 6.61. The zero-order valence-electron chi connectivity index (χ0n) is 15.9. The third kappa shape index (κ3) is 5.00. The number of fused-ring (bicyclic) bond motifs is 2. The molecule has 0 saturated heterocycles. The lowest BCUT2D eigenvalue weighted by Crippen LogP contribution is -2.17. The Morgan fingerprint density at radius 3 is 2.52 bits per heavy atom. The summed E-state index contributed by atoms with van der Waals surface area (Å²) < 4.78 is 17.2. The van der Waals surface area contributed by atoms with Crippen LogP contribution in [0, 0.1) is 0 Å². The maximum atomic E-state index is 12.7. The Balaban J connectivity index is 1.59. The molecule has 0 fully saturated rings. The van der Waals surface area contributed by atoms with Crippen molar-refractivity contribution in [3.05, 3.63) is 64.8 Å². The zero-order valence-corrected chi connectivity index (χ0v) is 16.8. The van der Waals surface area contributed by atoms with Gasteiger partial charge in [0, 0.05) is 27.5 Å². The number of rotatable bonds is 8. The van der Waals surface area contributed by atoms with Gasteiger partial charge in [0.2, 0.25) is 0 Å². The van der Waals surface area contributed by atoms with Gasteiger partial charge in [0.1, 0.15) is 5.75 Å².